The van der Waals surface area contributed by atoms with E-state index in [0.29, 0.717) is 66.8 Å². The van der Waals surface area contributed by atoms with Crippen LogP contribution < -0.4 is 10.5 Å². The zero-order chi connectivity index (χ0) is 23.3. The maximum atomic E-state index is 13.9. The molecule has 33 heavy (non-hydrogen) atoms. The number of anilines is 1. The standard InChI is InChI=1S/C24H21F4N3O2/c25-15-4-1-3-14(11-15)22-18-5-2-6-19(18)23(33)31(29-22)21-12-16(30-10-9-17(32)13-30)7-8-20(21)24(26,27)28/h1,3-4,7-8,11-12,17,32H,2,5-6,9-10,13H2/t17-/m0/s1. The molecule has 1 aromatic heterocycles. The van der Waals surface area contributed by atoms with Crippen molar-refractivity contribution in [1.29, 1.82) is 0 Å². The Kier molecular flexibility index (Phi) is 5.23. The summed E-state index contributed by atoms with van der Waals surface area (Å²) in [6.45, 7) is 0.791. The van der Waals surface area contributed by atoms with E-state index in [0.717, 1.165) is 10.7 Å². The van der Waals surface area contributed by atoms with E-state index < -0.39 is 29.2 Å². The zero-order valence-electron chi connectivity index (χ0n) is 17.6. The Hall–Kier alpha value is -3.20. The molecule has 1 saturated heterocycles. The predicted molar refractivity (Wildman–Crippen MR) is 115 cm³/mol. The Morgan fingerprint density at radius 2 is 1.85 bits per heavy atom. The van der Waals surface area contributed by atoms with E-state index in [-0.39, 0.29) is 5.69 Å². The third kappa shape index (κ3) is 3.90. The number of halogens is 4. The first-order chi connectivity index (χ1) is 15.7. The fourth-order valence-electron chi connectivity index (χ4n) is 4.71. The van der Waals surface area contributed by atoms with Crippen LogP contribution in [-0.2, 0) is 19.0 Å². The molecule has 0 bridgehead atoms. The lowest BCUT2D eigenvalue weighted by atomic mass is 10.0. The van der Waals surface area contributed by atoms with Crippen molar-refractivity contribution >= 4 is 5.69 Å². The van der Waals surface area contributed by atoms with Crippen LogP contribution in [-0.4, -0.2) is 34.1 Å². The van der Waals surface area contributed by atoms with Crippen molar-refractivity contribution in [2.45, 2.75) is 38.0 Å². The smallest absolute Gasteiger partial charge is 0.391 e. The van der Waals surface area contributed by atoms with Crippen LogP contribution in [0.5, 0.6) is 0 Å². The van der Waals surface area contributed by atoms with E-state index in [4.69, 9.17) is 0 Å². The minimum Gasteiger partial charge on any atom is -0.391 e. The Morgan fingerprint density at radius 3 is 2.55 bits per heavy atom. The van der Waals surface area contributed by atoms with Crippen LogP contribution in [0, 0.1) is 5.82 Å². The van der Waals surface area contributed by atoms with Gasteiger partial charge in [-0.2, -0.15) is 23.0 Å². The van der Waals surface area contributed by atoms with Gasteiger partial charge in [0.1, 0.15) is 5.82 Å². The highest BCUT2D eigenvalue weighted by molar-refractivity contribution is 5.66. The van der Waals surface area contributed by atoms with Crippen LogP contribution >= 0.6 is 0 Å². The van der Waals surface area contributed by atoms with Crippen LogP contribution in [0.2, 0.25) is 0 Å². The molecule has 1 aliphatic heterocycles. The molecular formula is C24H21F4N3O2. The maximum Gasteiger partial charge on any atom is 0.418 e. The summed E-state index contributed by atoms with van der Waals surface area (Å²) in [6.07, 6.45) is -3.10. The van der Waals surface area contributed by atoms with Crippen LogP contribution in [0.15, 0.2) is 47.3 Å². The molecule has 5 nitrogen and oxygen atoms in total. The van der Waals surface area contributed by atoms with Gasteiger partial charge in [-0.3, -0.25) is 4.79 Å². The van der Waals surface area contributed by atoms with Crippen molar-refractivity contribution in [2.24, 2.45) is 0 Å². The van der Waals surface area contributed by atoms with Gasteiger partial charge in [0.15, 0.2) is 0 Å². The third-order valence-electron chi connectivity index (χ3n) is 6.30. The minimum absolute atomic E-state index is 0.297. The van der Waals surface area contributed by atoms with E-state index in [9.17, 15) is 27.5 Å². The summed E-state index contributed by atoms with van der Waals surface area (Å²) < 4.78 is 56.5. The van der Waals surface area contributed by atoms with Gasteiger partial charge in [-0.1, -0.05) is 12.1 Å². The van der Waals surface area contributed by atoms with Crippen LogP contribution in [0.25, 0.3) is 16.9 Å². The van der Waals surface area contributed by atoms with Gasteiger partial charge in [-0.15, -0.1) is 0 Å². The first-order valence-corrected chi connectivity index (χ1v) is 10.8. The number of aliphatic hydroxyl groups is 1. The quantitative estimate of drug-likeness (QED) is 0.599. The molecule has 1 N–H and O–H groups in total. The van der Waals surface area contributed by atoms with E-state index in [1.54, 1.807) is 11.0 Å². The summed E-state index contributed by atoms with van der Waals surface area (Å²) in [6, 6.07) is 9.26. The number of hydrogen-bond acceptors (Lipinski definition) is 4. The molecule has 9 heteroatoms. The summed E-state index contributed by atoms with van der Waals surface area (Å²) in [5.74, 6) is -0.496. The highest BCUT2D eigenvalue weighted by atomic mass is 19.4. The monoisotopic (exact) mass is 459 g/mol. The van der Waals surface area contributed by atoms with Gasteiger partial charge in [-0.05, 0) is 61.6 Å². The van der Waals surface area contributed by atoms with Crippen molar-refractivity contribution in [3.05, 3.63) is 75.3 Å². The number of nitrogens with zero attached hydrogens (tertiary/aromatic N) is 3. The molecule has 1 fully saturated rings. The van der Waals surface area contributed by atoms with Crippen molar-refractivity contribution in [1.82, 2.24) is 9.78 Å². The van der Waals surface area contributed by atoms with Gasteiger partial charge < -0.3 is 10.0 Å². The van der Waals surface area contributed by atoms with Gasteiger partial charge in [0, 0.05) is 29.9 Å². The summed E-state index contributed by atoms with van der Waals surface area (Å²) in [5, 5.41) is 14.2. The van der Waals surface area contributed by atoms with E-state index in [1.165, 1.54) is 30.3 Å². The number of aliphatic hydroxyl groups excluding tert-OH is 1. The third-order valence-corrected chi connectivity index (χ3v) is 6.30. The SMILES string of the molecule is O=c1c2c(c(-c3cccc(F)c3)nn1-c1cc(N3CC[C@H](O)C3)ccc1C(F)(F)F)CCC2. The Morgan fingerprint density at radius 1 is 1.06 bits per heavy atom. The topological polar surface area (TPSA) is 58.4 Å². The number of alkyl halides is 3. The Bertz CT molecular complexity index is 1290. The molecule has 0 unspecified atom stereocenters. The second-order valence-electron chi connectivity index (χ2n) is 8.47. The molecule has 0 saturated carbocycles. The Labute approximate surface area is 186 Å². The van der Waals surface area contributed by atoms with Gasteiger partial charge in [-0.25, -0.2) is 4.39 Å². The van der Waals surface area contributed by atoms with Crippen molar-refractivity contribution in [3.8, 4) is 16.9 Å². The first-order valence-electron chi connectivity index (χ1n) is 10.8. The highest BCUT2D eigenvalue weighted by Crippen LogP contribution is 2.37. The molecule has 0 amide bonds. The van der Waals surface area contributed by atoms with Crippen molar-refractivity contribution < 1.29 is 22.7 Å². The first kappa shape index (κ1) is 21.6. The van der Waals surface area contributed by atoms with E-state index >= 15 is 0 Å². The second kappa shape index (κ2) is 7.98. The molecule has 3 aromatic rings. The lowest BCUT2D eigenvalue weighted by Crippen LogP contribution is -2.29. The number of fused-ring (bicyclic) bond motifs is 1. The number of hydrogen-bond donors (Lipinski definition) is 1. The van der Waals surface area contributed by atoms with Gasteiger partial charge in [0.2, 0.25) is 0 Å². The molecule has 2 aromatic carbocycles. The maximum absolute atomic E-state index is 13.9. The van der Waals surface area contributed by atoms with Crippen LogP contribution in [0.3, 0.4) is 0 Å². The Balaban J connectivity index is 1.75. The van der Waals surface area contributed by atoms with Crippen LogP contribution in [0.4, 0.5) is 23.2 Å². The fraction of sp³-hybridized carbons (Fsp3) is 0.333. The van der Waals surface area contributed by atoms with Gasteiger partial charge in [0.05, 0.1) is 23.0 Å². The number of benzene rings is 2. The lowest BCUT2D eigenvalue weighted by Gasteiger charge is -2.22. The molecule has 1 aliphatic carbocycles. The summed E-state index contributed by atoms with van der Waals surface area (Å²) in [5.41, 5.74) is 0.324. The number of aromatic nitrogens is 2. The average Bonchev–Trinajstić information content (AvgIpc) is 3.43. The molecule has 5 rings (SSSR count). The number of β-amino-alcohol motifs (C(OH)–C–C–N with tert-alkyl or cyclic N) is 1. The molecular weight excluding hydrogens is 438 g/mol. The summed E-state index contributed by atoms with van der Waals surface area (Å²) >= 11 is 0. The number of rotatable bonds is 3. The zero-order valence-corrected chi connectivity index (χ0v) is 17.6. The molecule has 0 radical (unpaired) electrons. The predicted octanol–water partition coefficient (Wildman–Crippen LogP) is 4.12. The largest absolute Gasteiger partial charge is 0.418 e. The second-order valence-corrected chi connectivity index (χ2v) is 8.47. The van der Waals surface area contributed by atoms with Crippen LogP contribution in [0.1, 0.15) is 29.5 Å². The van der Waals surface area contributed by atoms with Crippen molar-refractivity contribution in [3.63, 3.8) is 0 Å². The average molecular weight is 459 g/mol. The molecule has 0 spiro atoms. The van der Waals surface area contributed by atoms with Gasteiger partial charge in [0.25, 0.3) is 5.56 Å². The molecule has 2 heterocycles. The summed E-state index contributed by atoms with van der Waals surface area (Å²) in [4.78, 5) is 15.1. The van der Waals surface area contributed by atoms with Gasteiger partial charge >= 0.3 is 6.18 Å². The highest BCUT2D eigenvalue weighted by Gasteiger charge is 2.36. The molecule has 172 valence electrons. The lowest BCUT2D eigenvalue weighted by molar-refractivity contribution is -0.137. The molecule has 2 aliphatic rings. The van der Waals surface area contributed by atoms with Crippen molar-refractivity contribution in [2.75, 3.05) is 18.0 Å². The normalized spacial score (nSPS) is 18.1. The minimum atomic E-state index is -4.71. The molecule has 1 atom stereocenters. The van der Waals surface area contributed by atoms with E-state index in [1.807, 2.05) is 0 Å². The summed E-state index contributed by atoms with van der Waals surface area (Å²) in [7, 11) is 0. The van der Waals surface area contributed by atoms with E-state index in [2.05, 4.69) is 5.10 Å². The fourth-order valence-corrected chi connectivity index (χ4v) is 4.71.